The summed E-state index contributed by atoms with van der Waals surface area (Å²) in [6.45, 7) is 2.00. The van der Waals surface area contributed by atoms with E-state index in [9.17, 15) is 0 Å². The molecule has 0 fully saturated rings. The third-order valence-electron chi connectivity index (χ3n) is 4.59. The molecule has 0 aliphatic rings. The molecule has 0 amide bonds. The van der Waals surface area contributed by atoms with Crippen LogP contribution in [0.15, 0.2) is 60.7 Å². The van der Waals surface area contributed by atoms with Gasteiger partial charge < -0.3 is 0 Å². The summed E-state index contributed by atoms with van der Waals surface area (Å²) in [5.41, 5.74) is 5.05. The molecule has 0 radical (unpaired) electrons. The molecule has 0 saturated carbocycles. The minimum absolute atomic E-state index is 0.464. The van der Waals surface area contributed by atoms with Gasteiger partial charge in [-0.2, -0.15) is 5.10 Å². The predicted molar refractivity (Wildman–Crippen MR) is 124 cm³/mol. The molecule has 0 unspecified atom stereocenters. The van der Waals surface area contributed by atoms with E-state index >= 15 is 0 Å². The van der Waals surface area contributed by atoms with Crippen LogP contribution in [0.5, 0.6) is 0 Å². The molecule has 7 heteroatoms. The van der Waals surface area contributed by atoms with Gasteiger partial charge in [0.2, 0.25) is 0 Å². The Bertz CT molecular complexity index is 1230. The summed E-state index contributed by atoms with van der Waals surface area (Å²) in [7, 11) is 0. The van der Waals surface area contributed by atoms with Crippen LogP contribution in [0.1, 0.15) is 5.56 Å². The second-order valence-corrected chi connectivity index (χ2v) is 8.48. The highest BCUT2D eigenvalue weighted by atomic mass is 35.5. The number of nitrogens with zero attached hydrogens (tertiary/aromatic N) is 2. The molecule has 1 aromatic heterocycles. The molecular weight excluding hydrogens is 470 g/mol. The van der Waals surface area contributed by atoms with Gasteiger partial charge in [0.15, 0.2) is 0 Å². The van der Waals surface area contributed by atoms with Crippen molar-refractivity contribution in [3.63, 3.8) is 0 Å². The molecule has 1 heterocycles. The van der Waals surface area contributed by atoms with E-state index < -0.39 is 0 Å². The largest absolute Gasteiger partial charge is 0.231 e. The first kappa shape index (κ1) is 20.6. The molecule has 0 aliphatic carbocycles. The van der Waals surface area contributed by atoms with Gasteiger partial charge in [0.05, 0.1) is 42.2 Å². The molecule has 4 rings (SSSR count). The highest BCUT2D eigenvalue weighted by Gasteiger charge is 2.21. The maximum absolute atomic E-state index is 6.48. The fourth-order valence-corrected chi connectivity index (χ4v) is 4.01. The van der Waals surface area contributed by atoms with Crippen LogP contribution in [0, 0.1) is 6.92 Å². The number of halogens is 5. The normalized spacial score (nSPS) is 11.1. The Kier molecular flexibility index (Phi) is 5.83. The van der Waals surface area contributed by atoms with Crippen molar-refractivity contribution in [2.75, 3.05) is 0 Å². The summed E-state index contributed by atoms with van der Waals surface area (Å²) in [5.74, 6) is 0. The van der Waals surface area contributed by atoms with Crippen LogP contribution in [-0.2, 0) is 0 Å². The number of aromatic nitrogens is 2. The molecule has 0 bridgehead atoms. The summed E-state index contributed by atoms with van der Waals surface area (Å²) in [5, 5.41) is 7.35. The highest BCUT2D eigenvalue weighted by Crippen LogP contribution is 2.38. The van der Waals surface area contributed by atoms with Crippen LogP contribution in [0.3, 0.4) is 0 Å². The molecule has 146 valence electrons. The number of hydrogen-bond donors (Lipinski definition) is 0. The maximum Gasteiger partial charge on any atom is 0.0963 e. The van der Waals surface area contributed by atoms with Crippen molar-refractivity contribution in [3.8, 4) is 28.2 Å². The summed E-state index contributed by atoms with van der Waals surface area (Å²) < 4.78 is 1.81. The van der Waals surface area contributed by atoms with Gasteiger partial charge in [0, 0.05) is 16.7 Å². The second kappa shape index (κ2) is 8.22. The first-order valence-corrected chi connectivity index (χ1v) is 10.5. The van der Waals surface area contributed by atoms with Crippen molar-refractivity contribution in [2.24, 2.45) is 0 Å². The fraction of sp³-hybridized carbons (Fsp3) is 0.0455. The Morgan fingerprint density at radius 3 is 1.86 bits per heavy atom. The van der Waals surface area contributed by atoms with Gasteiger partial charge in [-0.15, -0.1) is 0 Å². The average Bonchev–Trinajstić information content (AvgIpc) is 3.03. The van der Waals surface area contributed by atoms with E-state index in [-0.39, 0.29) is 0 Å². The van der Waals surface area contributed by atoms with Crippen molar-refractivity contribution in [1.82, 2.24) is 9.78 Å². The minimum Gasteiger partial charge on any atom is -0.231 e. The smallest absolute Gasteiger partial charge is 0.0963 e. The number of benzene rings is 3. The van der Waals surface area contributed by atoms with Crippen molar-refractivity contribution >= 4 is 58.0 Å². The standard InChI is InChI=1S/C22H13Cl5N2/c1-12-21(13-6-8-15(23)18(26)10-13)28-29(20-5-3-2-4-17(20)25)22(12)14-7-9-16(24)19(27)11-14/h2-11H,1H3. The Hall–Kier alpha value is -1.68. The lowest BCUT2D eigenvalue weighted by atomic mass is 10.0. The van der Waals surface area contributed by atoms with Crippen LogP contribution in [0.4, 0.5) is 0 Å². The van der Waals surface area contributed by atoms with Crippen LogP contribution in [-0.4, -0.2) is 9.78 Å². The SMILES string of the molecule is Cc1c(-c2ccc(Cl)c(Cl)c2)nn(-c2ccccc2Cl)c1-c1ccc(Cl)c(Cl)c1. The van der Waals surface area contributed by atoms with Gasteiger partial charge in [-0.3, -0.25) is 0 Å². The lowest BCUT2D eigenvalue weighted by molar-refractivity contribution is 0.892. The molecule has 29 heavy (non-hydrogen) atoms. The van der Waals surface area contributed by atoms with E-state index in [1.807, 2.05) is 54.1 Å². The average molecular weight is 483 g/mol. The van der Waals surface area contributed by atoms with E-state index in [0.29, 0.717) is 25.1 Å². The topological polar surface area (TPSA) is 17.8 Å². The minimum atomic E-state index is 0.464. The zero-order chi connectivity index (χ0) is 20.7. The van der Waals surface area contributed by atoms with E-state index in [1.54, 1.807) is 18.2 Å². The van der Waals surface area contributed by atoms with Gasteiger partial charge in [0.1, 0.15) is 0 Å². The van der Waals surface area contributed by atoms with Gasteiger partial charge >= 0.3 is 0 Å². The third kappa shape index (κ3) is 3.88. The molecule has 0 aliphatic heterocycles. The lowest BCUT2D eigenvalue weighted by Crippen LogP contribution is -2.00. The van der Waals surface area contributed by atoms with E-state index in [4.69, 9.17) is 63.1 Å². The van der Waals surface area contributed by atoms with Crippen LogP contribution in [0.2, 0.25) is 25.1 Å². The Morgan fingerprint density at radius 1 is 0.655 bits per heavy atom. The molecular formula is C22H13Cl5N2. The Labute approximate surface area is 193 Å². The van der Waals surface area contributed by atoms with Crippen LogP contribution < -0.4 is 0 Å². The molecule has 0 atom stereocenters. The molecule has 4 aromatic rings. The maximum atomic E-state index is 6.48. The summed E-state index contributed by atoms with van der Waals surface area (Å²) >= 11 is 31.2. The lowest BCUT2D eigenvalue weighted by Gasteiger charge is -2.11. The Balaban J connectivity index is 2.02. The second-order valence-electron chi connectivity index (χ2n) is 6.44. The van der Waals surface area contributed by atoms with Gasteiger partial charge in [0.25, 0.3) is 0 Å². The van der Waals surface area contributed by atoms with Crippen molar-refractivity contribution in [2.45, 2.75) is 6.92 Å². The predicted octanol–water partition coefficient (Wildman–Crippen LogP) is 8.78. The van der Waals surface area contributed by atoms with Gasteiger partial charge in [-0.25, -0.2) is 4.68 Å². The molecule has 3 aromatic carbocycles. The highest BCUT2D eigenvalue weighted by molar-refractivity contribution is 6.42. The third-order valence-corrected chi connectivity index (χ3v) is 6.39. The van der Waals surface area contributed by atoms with Crippen LogP contribution >= 0.6 is 58.0 Å². The molecule has 2 nitrogen and oxygen atoms in total. The Morgan fingerprint density at radius 2 is 1.24 bits per heavy atom. The summed E-state index contributed by atoms with van der Waals surface area (Å²) in [6.07, 6.45) is 0. The van der Waals surface area contributed by atoms with E-state index in [0.717, 1.165) is 33.8 Å². The number of hydrogen-bond acceptors (Lipinski definition) is 1. The number of rotatable bonds is 3. The zero-order valence-corrected chi connectivity index (χ0v) is 18.8. The van der Waals surface area contributed by atoms with Gasteiger partial charge in [-0.05, 0) is 43.3 Å². The first-order valence-electron chi connectivity index (χ1n) is 8.62. The summed E-state index contributed by atoms with van der Waals surface area (Å²) in [4.78, 5) is 0. The quantitative estimate of drug-likeness (QED) is 0.285. The van der Waals surface area contributed by atoms with Crippen LogP contribution in [0.25, 0.3) is 28.2 Å². The van der Waals surface area contributed by atoms with Gasteiger partial charge in [-0.1, -0.05) is 82.3 Å². The number of para-hydroxylation sites is 1. The van der Waals surface area contributed by atoms with Crippen molar-refractivity contribution < 1.29 is 0 Å². The fourth-order valence-electron chi connectivity index (χ4n) is 3.19. The molecule has 0 N–H and O–H groups in total. The van der Waals surface area contributed by atoms with Crippen molar-refractivity contribution in [1.29, 1.82) is 0 Å². The molecule has 0 spiro atoms. The van der Waals surface area contributed by atoms with E-state index in [2.05, 4.69) is 0 Å². The van der Waals surface area contributed by atoms with E-state index in [1.165, 1.54) is 0 Å². The monoisotopic (exact) mass is 480 g/mol. The first-order chi connectivity index (χ1) is 13.9. The zero-order valence-electron chi connectivity index (χ0n) is 15.1. The van der Waals surface area contributed by atoms with Crippen molar-refractivity contribution in [3.05, 3.63) is 91.3 Å². The summed E-state index contributed by atoms with van der Waals surface area (Å²) in [6, 6.07) is 18.5. The molecule has 0 saturated heterocycles.